The number of hydrogen-bond acceptors (Lipinski definition) is 7. The van der Waals surface area contributed by atoms with Gasteiger partial charge < -0.3 is 14.1 Å². The number of allylic oxidation sites excluding steroid dienone is 1. The smallest absolute Gasteiger partial charge is 0.338 e. The molecular weight excluding hydrogens is 433 g/mol. The van der Waals surface area contributed by atoms with E-state index < -0.39 is 17.8 Å². The van der Waals surface area contributed by atoms with Crippen molar-refractivity contribution in [3.8, 4) is 0 Å². The number of halogens is 1. The first-order chi connectivity index (χ1) is 15.3. The average Bonchev–Trinajstić information content (AvgIpc) is 3.33. The van der Waals surface area contributed by atoms with Gasteiger partial charge in [-0.1, -0.05) is 23.5 Å². The summed E-state index contributed by atoms with van der Waals surface area (Å²) in [6.07, 6.45) is 1.65. The van der Waals surface area contributed by atoms with Gasteiger partial charge in [-0.25, -0.2) is 14.2 Å². The second-order valence-corrected chi connectivity index (χ2v) is 8.43. The Morgan fingerprint density at radius 3 is 2.62 bits per heavy atom. The van der Waals surface area contributed by atoms with Crippen LogP contribution in [0.15, 0.2) is 61.9 Å². The molecule has 0 bridgehead atoms. The molecule has 32 heavy (non-hydrogen) atoms. The number of ether oxygens (including phenoxy) is 1. The van der Waals surface area contributed by atoms with E-state index in [4.69, 9.17) is 9.15 Å². The fourth-order valence-electron chi connectivity index (χ4n) is 3.54. The van der Waals surface area contributed by atoms with E-state index in [1.165, 1.54) is 28.0 Å². The van der Waals surface area contributed by atoms with Crippen LogP contribution < -0.4 is 19.8 Å². The summed E-state index contributed by atoms with van der Waals surface area (Å²) in [7, 11) is 3.72. The molecule has 4 rings (SSSR count). The van der Waals surface area contributed by atoms with E-state index in [2.05, 4.69) is 4.99 Å². The summed E-state index contributed by atoms with van der Waals surface area (Å²) in [5.74, 6) is 0.223. The van der Waals surface area contributed by atoms with E-state index in [-0.39, 0.29) is 17.7 Å². The van der Waals surface area contributed by atoms with E-state index in [1.807, 2.05) is 25.1 Å². The molecule has 166 valence electrons. The molecule has 1 aliphatic heterocycles. The lowest BCUT2D eigenvalue weighted by Crippen LogP contribution is -2.39. The number of carbonyl (C=O) groups is 1. The number of rotatable bonds is 5. The van der Waals surface area contributed by atoms with Gasteiger partial charge in [0.2, 0.25) is 0 Å². The van der Waals surface area contributed by atoms with Crippen molar-refractivity contribution < 1.29 is 18.3 Å². The van der Waals surface area contributed by atoms with Crippen LogP contribution in [0.5, 0.6) is 0 Å². The molecule has 7 nitrogen and oxygen atoms in total. The molecule has 0 radical (unpaired) electrons. The lowest BCUT2D eigenvalue weighted by molar-refractivity contribution is -0.139. The highest BCUT2D eigenvalue weighted by molar-refractivity contribution is 7.07. The van der Waals surface area contributed by atoms with Gasteiger partial charge in [-0.2, -0.15) is 0 Å². The first kappa shape index (κ1) is 21.8. The first-order valence-corrected chi connectivity index (χ1v) is 10.8. The molecule has 1 aromatic carbocycles. The Balaban J connectivity index is 1.92. The van der Waals surface area contributed by atoms with Crippen molar-refractivity contribution >= 4 is 29.3 Å². The van der Waals surface area contributed by atoms with Crippen molar-refractivity contribution in [3.63, 3.8) is 0 Å². The third-order valence-electron chi connectivity index (χ3n) is 5.03. The Kier molecular flexibility index (Phi) is 5.84. The van der Waals surface area contributed by atoms with E-state index in [0.717, 1.165) is 0 Å². The van der Waals surface area contributed by atoms with Gasteiger partial charge in [0.25, 0.3) is 5.56 Å². The zero-order valence-corrected chi connectivity index (χ0v) is 18.9. The summed E-state index contributed by atoms with van der Waals surface area (Å²) in [5.41, 5.74) is 0.980. The van der Waals surface area contributed by atoms with Gasteiger partial charge in [0.05, 0.1) is 28.5 Å². The minimum Gasteiger partial charge on any atom is -0.463 e. The van der Waals surface area contributed by atoms with Gasteiger partial charge in [0.1, 0.15) is 11.6 Å². The maximum absolute atomic E-state index is 13.6. The summed E-state index contributed by atoms with van der Waals surface area (Å²) >= 11 is 1.20. The molecule has 0 fully saturated rings. The number of benzene rings is 1. The minimum atomic E-state index is -0.776. The number of fused-ring (bicyclic) bond motifs is 1. The Morgan fingerprint density at radius 2 is 2.00 bits per heavy atom. The standard InChI is InChI=1S/C23H22FN3O4S/c1-5-30-22(29)19-13(2)25-23-27(20(19)14-6-8-15(24)9-7-14)21(28)17(32-23)12-16-10-11-18(31-16)26(3)4/h6-12,20H,5H2,1-4H3/b17-12+/t20-/m0/s1. The van der Waals surface area contributed by atoms with Crippen LogP contribution in [0.4, 0.5) is 10.3 Å². The molecule has 0 aliphatic carbocycles. The second-order valence-electron chi connectivity index (χ2n) is 7.42. The lowest BCUT2D eigenvalue weighted by Gasteiger charge is -2.24. The topological polar surface area (TPSA) is 77.0 Å². The third kappa shape index (κ3) is 3.91. The molecule has 1 aliphatic rings. The summed E-state index contributed by atoms with van der Waals surface area (Å²) in [6.45, 7) is 3.60. The second kappa shape index (κ2) is 8.58. The molecule has 2 aromatic heterocycles. The molecule has 0 N–H and O–H groups in total. The molecule has 0 unspecified atom stereocenters. The molecule has 3 heterocycles. The number of furan rings is 1. The van der Waals surface area contributed by atoms with E-state index >= 15 is 0 Å². The molecule has 0 amide bonds. The van der Waals surface area contributed by atoms with E-state index in [9.17, 15) is 14.0 Å². The maximum atomic E-state index is 13.6. The zero-order chi connectivity index (χ0) is 23.0. The van der Waals surface area contributed by atoms with Crippen LogP contribution in [-0.4, -0.2) is 31.2 Å². The Morgan fingerprint density at radius 1 is 1.28 bits per heavy atom. The van der Waals surface area contributed by atoms with Crippen molar-refractivity contribution in [2.24, 2.45) is 4.99 Å². The van der Waals surface area contributed by atoms with Gasteiger partial charge >= 0.3 is 5.97 Å². The van der Waals surface area contributed by atoms with Gasteiger partial charge in [0, 0.05) is 26.2 Å². The highest BCUT2D eigenvalue weighted by Gasteiger charge is 2.33. The molecule has 0 saturated carbocycles. The number of carbonyl (C=O) groups excluding carboxylic acids is 1. The average molecular weight is 456 g/mol. The normalized spacial score (nSPS) is 16.0. The highest BCUT2D eigenvalue weighted by atomic mass is 32.1. The predicted molar refractivity (Wildman–Crippen MR) is 120 cm³/mol. The maximum Gasteiger partial charge on any atom is 0.338 e. The van der Waals surface area contributed by atoms with E-state index in [1.54, 1.807) is 38.1 Å². The number of nitrogens with zero attached hydrogens (tertiary/aromatic N) is 3. The highest BCUT2D eigenvalue weighted by Crippen LogP contribution is 2.30. The summed E-state index contributed by atoms with van der Waals surface area (Å²) in [6, 6.07) is 8.54. The van der Waals surface area contributed by atoms with Crippen molar-refractivity contribution in [1.82, 2.24) is 4.57 Å². The van der Waals surface area contributed by atoms with Gasteiger partial charge in [-0.15, -0.1) is 0 Å². The number of hydrogen-bond donors (Lipinski definition) is 0. The van der Waals surface area contributed by atoms with Gasteiger partial charge in [-0.3, -0.25) is 9.36 Å². The number of aromatic nitrogens is 1. The molecule has 0 spiro atoms. The van der Waals surface area contributed by atoms with Crippen LogP contribution in [0.3, 0.4) is 0 Å². The van der Waals surface area contributed by atoms with Crippen molar-refractivity contribution in [3.05, 3.63) is 84.5 Å². The number of anilines is 1. The number of esters is 1. The molecular formula is C23H22FN3O4S. The number of thiazole rings is 1. The minimum absolute atomic E-state index is 0.183. The van der Waals surface area contributed by atoms with Crippen molar-refractivity contribution in [2.75, 3.05) is 25.6 Å². The molecule has 1 atom stereocenters. The zero-order valence-electron chi connectivity index (χ0n) is 18.1. The molecule has 3 aromatic rings. The van der Waals surface area contributed by atoms with Crippen LogP contribution in [0.25, 0.3) is 6.08 Å². The monoisotopic (exact) mass is 455 g/mol. The SMILES string of the molecule is CCOC(=O)C1=C(C)N=c2s/c(=C/c3ccc(N(C)C)o3)c(=O)n2[C@H]1c1ccc(F)cc1. The van der Waals surface area contributed by atoms with Gasteiger partial charge in [-0.05, 0) is 37.6 Å². The summed E-state index contributed by atoms with van der Waals surface area (Å²) in [4.78, 5) is 33.0. The van der Waals surface area contributed by atoms with Crippen LogP contribution in [0.1, 0.15) is 31.2 Å². The third-order valence-corrected chi connectivity index (χ3v) is 6.01. The van der Waals surface area contributed by atoms with Crippen LogP contribution in [0, 0.1) is 5.82 Å². The predicted octanol–water partition coefficient (Wildman–Crippen LogP) is 2.60. The fraction of sp³-hybridized carbons (Fsp3) is 0.261. The summed E-state index contributed by atoms with van der Waals surface area (Å²) in [5, 5.41) is 0. The first-order valence-electron chi connectivity index (χ1n) is 10.0. The van der Waals surface area contributed by atoms with Gasteiger partial charge in [0.15, 0.2) is 10.7 Å². The Hall–Kier alpha value is -3.46. The van der Waals surface area contributed by atoms with Crippen molar-refractivity contribution in [1.29, 1.82) is 0 Å². The fourth-order valence-corrected chi connectivity index (χ4v) is 4.57. The van der Waals surface area contributed by atoms with Crippen LogP contribution in [-0.2, 0) is 9.53 Å². The Labute approximate surface area is 187 Å². The lowest BCUT2D eigenvalue weighted by atomic mass is 9.96. The quantitative estimate of drug-likeness (QED) is 0.553. The molecule has 0 saturated heterocycles. The van der Waals surface area contributed by atoms with Crippen LogP contribution >= 0.6 is 11.3 Å². The summed E-state index contributed by atoms with van der Waals surface area (Å²) < 4.78 is 26.4. The van der Waals surface area contributed by atoms with Crippen LogP contribution in [0.2, 0.25) is 0 Å². The Bertz CT molecular complexity index is 1380. The molecule has 9 heteroatoms. The van der Waals surface area contributed by atoms with Crippen molar-refractivity contribution in [2.45, 2.75) is 19.9 Å². The van der Waals surface area contributed by atoms with E-state index in [0.29, 0.717) is 32.2 Å². The largest absolute Gasteiger partial charge is 0.463 e.